The minimum atomic E-state index is -0.195. The van der Waals surface area contributed by atoms with Crippen LogP contribution >= 0.6 is 0 Å². The molecule has 0 N–H and O–H groups in total. The van der Waals surface area contributed by atoms with Crippen molar-refractivity contribution < 1.29 is 4.74 Å². The molecule has 1 aromatic carbocycles. The van der Waals surface area contributed by atoms with E-state index in [-0.39, 0.29) is 5.56 Å². The van der Waals surface area contributed by atoms with Gasteiger partial charge in [-0.3, -0.25) is 9.20 Å². The summed E-state index contributed by atoms with van der Waals surface area (Å²) >= 11 is 0. The average molecular weight is 388 g/mol. The van der Waals surface area contributed by atoms with Crippen LogP contribution in [0.1, 0.15) is 35.0 Å². The van der Waals surface area contributed by atoms with E-state index in [1.165, 1.54) is 27.4 Å². The molecule has 0 spiro atoms. The zero-order valence-electron chi connectivity index (χ0n) is 17.1. The molecule has 4 rings (SSSR count). The van der Waals surface area contributed by atoms with E-state index in [4.69, 9.17) is 4.74 Å². The van der Waals surface area contributed by atoms with Gasteiger partial charge in [-0.05, 0) is 49.9 Å². The Balaban J connectivity index is 1.83. The first-order valence-electron chi connectivity index (χ1n) is 9.73. The SMILES string of the molecule is CCc1cccc(C)c1COc1cc(-n2ncccc2=O)cn2c(C)c(C)nc12. The molecule has 0 atom stereocenters. The zero-order valence-corrected chi connectivity index (χ0v) is 17.1. The maximum atomic E-state index is 12.3. The molecule has 3 heterocycles. The summed E-state index contributed by atoms with van der Waals surface area (Å²) in [5.74, 6) is 0.626. The van der Waals surface area contributed by atoms with E-state index in [0.29, 0.717) is 18.0 Å². The van der Waals surface area contributed by atoms with Gasteiger partial charge in [0.25, 0.3) is 5.56 Å². The summed E-state index contributed by atoms with van der Waals surface area (Å²) in [5, 5.41) is 4.21. The molecule has 6 nitrogen and oxygen atoms in total. The summed E-state index contributed by atoms with van der Waals surface area (Å²) in [6.07, 6.45) is 4.41. The highest BCUT2D eigenvalue weighted by Crippen LogP contribution is 2.27. The Bertz CT molecular complexity index is 1250. The van der Waals surface area contributed by atoms with Crippen LogP contribution in [0.4, 0.5) is 0 Å². The van der Waals surface area contributed by atoms with Crippen molar-refractivity contribution in [1.29, 1.82) is 0 Å². The van der Waals surface area contributed by atoms with Crippen molar-refractivity contribution >= 4 is 5.65 Å². The molecule has 0 aliphatic heterocycles. The smallest absolute Gasteiger partial charge is 0.271 e. The lowest BCUT2D eigenvalue weighted by molar-refractivity contribution is 0.306. The van der Waals surface area contributed by atoms with Crippen LogP contribution in [0.15, 0.2) is 53.6 Å². The number of pyridine rings is 1. The molecule has 6 heteroatoms. The van der Waals surface area contributed by atoms with Gasteiger partial charge in [-0.15, -0.1) is 0 Å². The van der Waals surface area contributed by atoms with E-state index < -0.39 is 0 Å². The molecule has 0 unspecified atom stereocenters. The third kappa shape index (κ3) is 3.42. The number of benzene rings is 1. The average Bonchev–Trinajstić information content (AvgIpc) is 3.01. The van der Waals surface area contributed by atoms with E-state index in [1.807, 2.05) is 30.5 Å². The molecule has 0 aliphatic rings. The number of imidazole rings is 1. The quantitative estimate of drug-likeness (QED) is 0.519. The summed E-state index contributed by atoms with van der Waals surface area (Å²) in [7, 11) is 0. The van der Waals surface area contributed by atoms with Gasteiger partial charge in [0.1, 0.15) is 6.61 Å². The molecule has 3 aromatic heterocycles. The summed E-state index contributed by atoms with van der Waals surface area (Å²) in [6, 6.07) is 11.3. The molecule has 0 radical (unpaired) electrons. The number of nitrogens with zero attached hydrogens (tertiary/aromatic N) is 4. The standard InChI is InChI=1S/C23H24N4O2/c1-5-18-9-6-8-15(2)20(18)14-29-21-12-19(27-22(28)10-7-11-24-27)13-26-17(4)16(3)25-23(21)26/h6-13H,5,14H2,1-4H3. The number of fused-ring (bicyclic) bond motifs is 1. The second-order valence-corrected chi connectivity index (χ2v) is 7.17. The molecule has 0 aliphatic carbocycles. The van der Waals surface area contributed by atoms with Gasteiger partial charge in [0, 0.05) is 30.2 Å². The minimum absolute atomic E-state index is 0.195. The van der Waals surface area contributed by atoms with Crippen molar-refractivity contribution in [2.45, 2.75) is 40.7 Å². The normalized spacial score (nSPS) is 11.2. The van der Waals surface area contributed by atoms with Crippen LogP contribution in [0.5, 0.6) is 5.75 Å². The van der Waals surface area contributed by atoms with Crippen molar-refractivity contribution in [3.05, 3.63) is 87.2 Å². The van der Waals surface area contributed by atoms with Gasteiger partial charge < -0.3 is 4.74 Å². The molecule has 0 bridgehead atoms. The first-order valence-corrected chi connectivity index (χ1v) is 9.73. The van der Waals surface area contributed by atoms with Crippen LogP contribution in [0.3, 0.4) is 0 Å². The predicted molar refractivity (Wildman–Crippen MR) is 113 cm³/mol. The second kappa shape index (κ2) is 7.54. The highest BCUT2D eigenvalue weighted by molar-refractivity contribution is 5.60. The predicted octanol–water partition coefficient (Wildman–Crippen LogP) is 3.95. The number of aromatic nitrogens is 4. The molecule has 0 amide bonds. The Hall–Kier alpha value is -3.41. The van der Waals surface area contributed by atoms with E-state index in [2.05, 4.69) is 42.1 Å². The minimum Gasteiger partial charge on any atom is -0.485 e. The third-order valence-electron chi connectivity index (χ3n) is 5.37. The fraction of sp³-hybridized carbons (Fsp3) is 0.261. The highest BCUT2D eigenvalue weighted by atomic mass is 16.5. The first-order chi connectivity index (χ1) is 14.0. The fourth-order valence-corrected chi connectivity index (χ4v) is 3.55. The van der Waals surface area contributed by atoms with E-state index in [9.17, 15) is 4.79 Å². The molecule has 0 saturated heterocycles. The lowest BCUT2D eigenvalue weighted by Crippen LogP contribution is -2.19. The molecule has 0 saturated carbocycles. The maximum Gasteiger partial charge on any atom is 0.271 e. The van der Waals surface area contributed by atoms with Gasteiger partial charge in [0.2, 0.25) is 0 Å². The number of rotatable bonds is 5. The monoisotopic (exact) mass is 388 g/mol. The topological polar surface area (TPSA) is 61.4 Å². The van der Waals surface area contributed by atoms with Crippen molar-refractivity contribution in [2.24, 2.45) is 0 Å². The fourth-order valence-electron chi connectivity index (χ4n) is 3.55. The van der Waals surface area contributed by atoms with Gasteiger partial charge in [0.05, 0.1) is 11.4 Å². The Morgan fingerprint density at radius 2 is 1.93 bits per heavy atom. The Morgan fingerprint density at radius 3 is 2.69 bits per heavy atom. The van der Waals surface area contributed by atoms with Crippen LogP contribution in [0.2, 0.25) is 0 Å². The summed E-state index contributed by atoms with van der Waals surface area (Å²) in [6.45, 7) is 8.65. The van der Waals surface area contributed by atoms with Crippen molar-refractivity contribution in [2.75, 3.05) is 0 Å². The van der Waals surface area contributed by atoms with Crippen molar-refractivity contribution in [3.8, 4) is 11.4 Å². The van der Waals surface area contributed by atoms with Crippen molar-refractivity contribution in [3.63, 3.8) is 0 Å². The molecule has 29 heavy (non-hydrogen) atoms. The molecule has 148 valence electrons. The highest BCUT2D eigenvalue weighted by Gasteiger charge is 2.15. The Kier molecular flexibility index (Phi) is 4.92. The van der Waals surface area contributed by atoms with Gasteiger partial charge in [-0.25, -0.2) is 4.98 Å². The number of aryl methyl sites for hydroxylation is 4. The Labute approximate surface area is 169 Å². The summed E-state index contributed by atoms with van der Waals surface area (Å²) < 4.78 is 9.60. The van der Waals surface area contributed by atoms with E-state index in [1.54, 1.807) is 12.3 Å². The number of hydrogen-bond donors (Lipinski definition) is 0. The molecular formula is C23H24N4O2. The largest absolute Gasteiger partial charge is 0.485 e. The van der Waals surface area contributed by atoms with E-state index >= 15 is 0 Å². The van der Waals surface area contributed by atoms with Crippen LogP contribution in [-0.2, 0) is 13.0 Å². The zero-order chi connectivity index (χ0) is 20.5. The van der Waals surface area contributed by atoms with Gasteiger partial charge in [0.15, 0.2) is 11.4 Å². The van der Waals surface area contributed by atoms with Crippen LogP contribution in [0, 0.1) is 20.8 Å². The lowest BCUT2D eigenvalue weighted by atomic mass is 10.0. The van der Waals surface area contributed by atoms with Crippen LogP contribution in [0.25, 0.3) is 11.3 Å². The first kappa shape index (κ1) is 18.9. The molecular weight excluding hydrogens is 364 g/mol. The van der Waals surface area contributed by atoms with Crippen LogP contribution in [-0.4, -0.2) is 19.2 Å². The van der Waals surface area contributed by atoms with Crippen LogP contribution < -0.4 is 10.3 Å². The summed E-state index contributed by atoms with van der Waals surface area (Å²) in [4.78, 5) is 17.0. The van der Waals surface area contributed by atoms with Crippen molar-refractivity contribution in [1.82, 2.24) is 19.2 Å². The Morgan fingerprint density at radius 1 is 1.10 bits per heavy atom. The van der Waals surface area contributed by atoms with Gasteiger partial charge >= 0.3 is 0 Å². The third-order valence-corrected chi connectivity index (χ3v) is 5.37. The van der Waals surface area contributed by atoms with Gasteiger partial charge in [-0.1, -0.05) is 25.1 Å². The van der Waals surface area contributed by atoms with Gasteiger partial charge in [-0.2, -0.15) is 9.78 Å². The second-order valence-electron chi connectivity index (χ2n) is 7.17. The van der Waals surface area contributed by atoms with E-state index in [0.717, 1.165) is 23.5 Å². The number of ether oxygens (including phenoxy) is 1. The molecule has 4 aromatic rings. The number of hydrogen-bond acceptors (Lipinski definition) is 4. The lowest BCUT2D eigenvalue weighted by Gasteiger charge is -2.15. The maximum absolute atomic E-state index is 12.3. The molecule has 0 fully saturated rings. The summed E-state index contributed by atoms with van der Waals surface area (Å²) in [5.41, 5.74) is 6.76.